The molecule has 1 aliphatic carbocycles. The van der Waals surface area contributed by atoms with Gasteiger partial charge in [-0.2, -0.15) is 0 Å². The number of hydrogen-bond donors (Lipinski definition) is 0. The minimum Gasteiger partial charge on any atom is -0.416 e. The van der Waals surface area contributed by atoms with Crippen LogP contribution in [0.3, 0.4) is 0 Å². The average molecular weight is 256 g/mol. The molecule has 0 bridgehead atoms. The molecule has 0 spiro atoms. The molecule has 1 fully saturated rings. The van der Waals surface area contributed by atoms with Crippen molar-refractivity contribution in [3.63, 3.8) is 0 Å². The summed E-state index contributed by atoms with van der Waals surface area (Å²) in [5, 5.41) is 0.258. The van der Waals surface area contributed by atoms with Crippen LogP contribution in [0.1, 0.15) is 52.9 Å². The highest BCUT2D eigenvalue weighted by atomic mass is 28.4. The fourth-order valence-electron chi connectivity index (χ4n) is 2.26. The van der Waals surface area contributed by atoms with Crippen LogP contribution in [0.4, 0.5) is 0 Å². The second kappa shape index (κ2) is 5.23. The molecule has 0 saturated heterocycles. The highest BCUT2D eigenvalue weighted by Gasteiger charge is 2.41. The topological polar surface area (TPSA) is 26.3 Å². The third-order valence-electron chi connectivity index (χ3n) is 4.73. The Balaban J connectivity index is 2.61. The van der Waals surface area contributed by atoms with Gasteiger partial charge in [-0.25, -0.2) is 0 Å². The Hall–Kier alpha value is -0.153. The van der Waals surface area contributed by atoms with Crippen LogP contribution in [-0.4, -0.2) is 21.2 Å². The zero-order chi connectivity index (χ0) is 13.2. The van der Waals surface area contributed by atoms with Crippen molar-refractivity contribution in [3.05, 3.63) is 0 Å². The molecule has 0 aliphatic heterocycles. The van der Waals surface area contributed by atoms with Crippen LogP contribution in [0.5, 0.6) is 0 Å². The Morgan fingerprint density at radius 2 is 1.76 bits per heavy atom. The number of carbonyl (C=O) groups is 1. The zero-order valence-corrected chi connectivity index (χ0v) is 13.1. The van der Waals surface area contributed by atoms with Gasteiger partial charge in [0.2, 0.25) is 0 Å². The van der Waals surface area contributed by atoms with Crippen molar-refractivity contribution >= 4 is 14.6 Å². The number of aldehydes is 1. The highest BCUT2D eigenvalue weighted by molar-refractivity contribution is 6.74. The normalized spacial score (nSPS) is 20.5. The SMILES string of the molecule is CC(C)(C)[Si](C)(C)OCC1(CC=O)CCCC1. The van der Waals surface area contributed by atoms with E-state index in [0.29, 0.717) is 6.42 Å². The van der Waals surface area contributed by atoms with Crippen LogP contribution in [-0.2, 0) is 9.22 Å². The highest BCUT2D eigenvalue weighted by Crippen LogP contribution is 2.43. The van der Waals surface area contributed by atoms with Crippen LogP contribution in [0, 0.1) is 5.41 Å². The summed E-state index contributed by atoms with van der Waals surface area (Å²) in [6.45, 7) is 12.2. The first-order valence-electron chi connectivity index (χ1n) is 6.80. The summed E-state index contributed by atoms with van der Waals surface area (Å²) >= 11 is 0. The first-order valence-corrected chi connectivity index (χ1v) is 9.71. The predicted octanol–water partition coefficient (Wildman–Crippen LogP) is 4.16. The second-order valence-corrected chi connectivity index (χ2v) is 11.9. The Morgan fingerprint density at radius 3 is 2.18 bits per heavy atom. The lowest BCUT2D eigenvalue weighted by Gasteiger charge is -2.39. The van der Waals surface area contributed by atoms with Crippen molar-refractivity contribution < 1.29 is 9.22 Å². The first-order chi connectivity index (χ1) is 7.72. The first kappa shape index (κ1) is 14.9. The maximum atomic E-state index is 10.8. The molecule has 17 heavy (non-hydrogen) atoms. The van der Waals surface area contributed by atoms with Crippen LogP contribution >= 0.6 is 0 Å². The summed E-state index contributed by atoms with van der Waals surface area (Å²) in [6, 6.07) is 0. The van der Waals surface area contributed by atoms with Crippen LogP contribution in [0.25, 0.3) is 0 Å². The maximum Gasteiger partial charge on any atom is 0.192 e. The summed E-state index contributed by atoms with van der Waals surface area (Å²) in [5.41, 5.74) is 0.164. The molecule has 0 radical (unpaired) electrons. The fourth-order valence-corrected chi connectivity index (χ4v) is 3.36. The monoisotopic (exact) mass is 256 g/mol. The van der Waals surface area contributed by atoms with Crippen molar-refractivity contribution in [2.75, 3.05) is 6.61 Å². The Morgan fingerprint density at radius 1 is 1.24 bits per heavy atom. The molecule has 0 amide bonds. The number of carbonyl (C=O) groups excluding carboxylic acids is 1. The second-order valence-electron chi connectivity index (χ2n) is 7.13. The van der Waals surface area contributed by atoms with Gasteiger partial charge in [0.25, 0.3) is 0 Å². The molecule has 100 valence electrons. The molecule has 0 aromatic carbocycles. The number of rotatable bonds is 5. The van der Waals surface area contributed by atoms with E-state index in [1.54, 1.807) is 0 Å². The van der Waals surface area contributed by atoms with E-state index in [2.05, 4.69) is 33.9 Å². The molecule has 2 nitrogen and oxygen atoms in total. The summed E-state index contributed by atoms with van der Waals surface area (Å²) in [5.74, 6) is 0. The largest absolute Gasteiger partial charge is 0.416 e. The number of hydrogen-bond acceptors (Lipinski definition) is 2. The summed E-state index contributed by atoms with van der Waals surface area (Å²) in [7, 11) is -1.66. The minimum absolute atomic E-state index is 0.164. The quantitative estimate of drug-likeness (QED) is 0.545. The summed E-state index contributed by atoms with van der Waals surface area (Å²) in [6.07, 6.45) is 6.62. The van der Waals surface area contributed by atoms with E-state index in [1.165, 1.54) is 25.7 Å². The van der Waals surface area contributed by atoms with Crippen LogP contribution in [0.2, 0.25) is 18.1 Å². The van der Waals surface area contributed by atoms with E-state index in [-0.39, 0.29) is 10.5 Å². The molecule has 0 unspecified atom stereocenters. The van der Waals surface area contributed by atoms with Gasteiger partial charge in [0.1, 0.15) is 6.29 Å². The lowest BCUT2D eigenvalue weighted by molar-refractivity contribution is -0.110. The Bertz CT molecular complexity index is 260. The van der Waals surface area contributed by atoms with E-state index in [4.69, 9.17) is 4.43 Å². The molecule has 1 aliphatic rings. The van der Waals surface area contributed by atoms with Crippen molar-refractivity contribution in [1.82, 2.24) is 0 Å². The van der Waals surface area contributed by atoms with E-state index in [9.17, 15) is 4.79 Å². The molecular formula is C14H28O2Si. The smallest absolute Gasteiger partial charge is 0.192 e. The predicted molar refractivity (Wildman–Crippen MR) is 74.7 cm³/mol. The van der Waals surface area contributed by atoms with Crippen LogP contribution < -0.4 is 0 Å². The Labute approximate surface area is 107 Å². The Kier molecular flexibility index (Phi) is 4.58. The van der Waals surface area contributed by atoms with Crippen LogP contribution in [0.15, 0.2) is 0 Å². The molecule has 1 rings (SSSR count). The van der Waals surface area contributed by atoms with Gasteiger partial charge in [-0.15, -0.1) is 0 Å². The van der Waals surface area contributed by atoms with E-state index >= 15 is 0 Å². The van der Waals surface area contributed by atoms with Gasteiger partial charge in [-0.3, -0.25) is 0 Å². The lowest BCUT2D eigenvalue weighted by Crippen LogP contribution is -2.43. The van der Waals surface area contributed by atoms with Crippen molar-refractivity contribution in [3.8, 4) is 0 Å². The van der Waals surface area contributed by atoms with Crippen molar-refractivity contribution in [2.45, 2.75) is 71.0 Å². The summed E-state index contributed by atoms with van der Waals surface area (Å²) in [4.78, 5) is 10.8. The molecule has 1 saturated carbocycles. The van der Waals surface area contributed by atoms with Crippen molar-refractivity contribution in [1.29, 1.82) is 0 Å². The molecule has 0 N–H and O–H groups in total. The molecule has 0 aromatic heterocycles. The van der Waals surface area contributed by atoms with Gasteiger partial charge in [0, 0.05) is 13.0 Å². The van der Waals surface area contributed by atoms with E-state index in [0.717, 1.165) is 12.9 Å². The molecule has 0 aromatic rings. The van der Waals surface area contributed by atoms with Gasteiger partial charge in [-0.1, -0.05) is 33.6 Å². The fraction of sp³-hybridized carbons (Fsp3) is 0.929. The van der Waals surface area contributed by atoms with E-state index in [1.807, 2.05) is 0 Å². The minimum atomic E-state index is -1.66. The summed E-state index contributed by atoms with van der Waals surface area (Å²) < 4.78 is 6.31. The molecular weight excluding hydrogens is 228 g/mol. The van der Waals surface area contributed by atoms with Gasteiger partial charge >= 0.3 is 0 Å². The molecule has 0 heterocycles. The maximum absolute atomic E-state index is 10.8. The molecule has 3 heteroatoms. The van der Waals surface area contributed by atoms with Gasteiger partial charge in [0.05, 0.1) is 0 Å². The standard InChI is InChI=1S/C14H28O2Si/c1-13(2,3)17(4,5)16-12-14(10-11-15)8-6-7-9-14/h11H,6-10,12H2,1-5H3. The molecule has 0 atom stereocenters. The third kappa shape index (κ3) is 3.65. The van der Waals surface area contributed by atoms with E-state index < -0.39 is 8.32 Å². The third-order valence-corrected chi connectivity index (χ3v) is 9.20. The van der Waals surface area contributed by atoms with Gasteiger partial charge in [0.15, 0.2) is 8.32 Å². The average Bonchev–Trinajstić information content (AvgIpc) is 2.63. The zero-order valence-electron chi connectivity index (χ0n) is 12.1. The van der Waals surface area contributed by atoms with Gasteiger partial charge in [-0.05, 0) is 36.4 Å². The lowest BCUT2D eigenvalue weighted by atomic mass is 9.84. The van der Waals surface area contributed by atoms with Gasteiger partial charge < -0.3 is 9.22 Å². The van der Waals surface area contributed by atoms with Crippen molar-refractivity contribution in [2.24, 2.45) is 5.41 Å².